The smallest absolute Gasteiger partial charge is 0.149 e. The van der Waals surface area contributed by atoms with Crippen LogP contribution in [0.4, 0.5) is 0 Å². The molecule has 2 heteroatoms. The van der Waals surface area contributed by atoms with Gasteiger partial charge in [0.2, 0.25) is 0 Å². The molecule has 0 aliphatic heterocycles. The number of ketones is 1. The molecule has 104 valence electrons. The van der Waals surface area contributed by atoms with Gasteiger partial charge in [-0.15, -0.1) is 0 Å². The van der Waals surface area contributed by atoms with E-state index in [-0.39, 0.29) is 16.5 Å². The lowest BCUT2D eigenvalue weighted by molar-refractivity contribution is -0.121. The Hall–Kier alpha value is -1.41. The highest BCUT2D eigenvalue weighted by Crippen LogP contribution is 2.21. The fraction of sp³-hybridized carbons (Fsp3) is 0.278. The van der Waals surface area contributed by atoms with Gasteiger partial charge in [0.15, 0.2) is 0 Å². The highest BCUT2D eigenvalue weighted by atomic mass is 79.9. The summed E-state index contributed by atoms with van der Waals surface area (Å²) in [5, 5.41) is 0. The second-order valence-electron chi connectivity index (χ2n) is 5.29. The maximum absolute atomic E-state index is 11.9. The van der Waals surface area contributed by atoms with E-state index < -0.39 is 0 Å². The zero-order chi connectivity index (χ0) is 14.5. The molecule has 0 N–H and O–H groups in total. The first-order chi connectivity index (χ1) is 9.58. The van der Waals surface area contributed by atoms with Crippen molar-refractivity contribution in [1.29, 1.82) is 0 Å². The molecule has 0 spiro atoms. The predicted octanol–water partition coefficient (Wildman–Crippen LogP) is 4.88. The maximum atomic E-state index is 11.9. The fourth-order valence-corrected chi connectivity index (χ4v) is 3.04. The second kappa shape index (κ2) is 6.85. The van der Waals surface area contributed by atoms with Crippen molar-refractivity contribution < 1.29 is 4.79 Å². The van der Waals surface area contributed by atoms with Crippen molar-refractivity contribution in [3.05, 3.63) is 60.2 Å². The molecule has 20 heavy (non-hydrogen) atoms. The van der Waals surface area contributed by atoms with Crippen LogP contribution < -0.4 is 0 Å². The molecule has 1 atom stereocenters. The third kappa shape index (κ3) is 3.80. The SMILES string of the molecule is CC(C)C(=O)C(Br)Cc1ccc(-c2ccccc2)cc1. The van der Waals surface area contributed by atoms with Crippen LogP contribution in [0.15, 0.2) is 54.6 Å². The van der Waals surface area contributed by atoms with E-state index in [0.717, 1.165) is 6.42 Å². The van der Waals surface area contributed by atoms with Crippen LogP contribution in [0.2, 0.25) is 0 Å². The van der Waals surface area contributed by atoms with Crippen LogP contribution in [0.25, 0.3) is 11.1 Å². The van der Waals surface area contributed by atoms with Crippen LogP contribution in [-0.4, -0.2) is 10.6 Å². The van der Waals surface area contributed by atoms with Crippen LogP contribution in [0, 0.1) is 5.92 Å². The van der Waals surface area contributed by atoms with Crippen molar-refractivity contribution >= 4 is 21.7 Å². The quantitative estimate of drug-likeness (QED) is 0.713. The third-order valence-corrected chi connectivity index (χ3v) is 4.13. The number of carbonyl (C=O) groups excluding carboxylic acids is 1. The Labute approximate surface area is 129 Å². The number of halogens is 1. The largest absolute Gasteiger partial charge is 0.298 e. The lowest BCUT2D eigenvalue weighted by Gasteiger charge is -2.12. The first-order valence-corrected chi connectivity index (χ1v) is 7.81. The number of benzene rings is 2. The molecular weight excluding hydrogens is 312 g/mol. The molecule has 2 aromatic rings. The van der Waals surface area contributed by atoms with Crippen LogP contribution in [-0.2, 0) is 11.2 Å². The van der Waals surface area contributed by atoms with Crippen LogP contribution >= 0.6 is 15.9 Å². The summed E-state index contributed by atoms with van der Waals surface area (Å²) in [5.41, 5.74) is 3.60. The number of hydrogen-bond donors (Lipinski definition) is 0. The summed E-state index contributed by atoms with van der Waals surface area (Å²) in [6.45, 7) is 3.88. The van der Waals surface area contributed by atoms with Gasteiger partial charge in [-0.1, -0.05) is 84.4 Å². The van der Waals surface area contributed by atoms with Crippen LogP contribution in [0.3, 0.4) is 0 Å². The summed E-state index contributed by atoms with van der Waals surface area (Å²) in [6, 6.07) is 18.7. The minimum Gasteiger partial charge on any atom is -0.298 e. The molecule has 0 aliphatic carbocycles. The Bertz CT molecular complexity index is 558. The molecule has 0 heterocycles. The molecule has 2 aromatic carbocycles. The van der Waals surface area contributed by atoms with Gasteiger partial charge >= 0.3 is 0 Å². The number of alkyl halides is 1. The Morgan fingerprint density at radius 1 is 0.950 bits per heavy atom. The molecule has 2 rings (SSSR count). The summed E-state index contributed by atoms with van der Waals surface area (Å²) in [7, 11) is 0. The van der Waals surface area contributed by atoms with E-state index >= 15 is 0 Å². The Kier molecular flexibility index (Phi) is 5.13. The normalized spacial score (nSPS) is 12.4. The summed E-state index contributed by atoms with van der Waals surface area (Å²) in [4.78, 5) is 11.8. The molecule has 0 aromatic heterocycles. The molecule has 1 unspecified atom stereocenters. The van der Waals surface area contributed by atoms with Gasteiger partial charge in [0.1, 0.15) is 5.78 Å². The summed E-state index contributed by atoms with van der Waals surface area (Å²) >= 11 is 3.49. The van der Waals surface area contributed by atoms with E-state index in [1.807, 2.05) is 32.0 Å². The minimum atomic E-state index is -0.0925. The van der Waals surface area contributed by atoms with Crippen LogP contribution in [0.5, 0.6) is 0 Å². The zero-order valence-electron chi connectivity index (χ0n) is 11.8. The summed E-state index contributed by atoms with van der Waals surface area (Å²) < 4.78 is 0. The van der Waals surface area contributed by atoms with Crippen molar-refractivity contribution in [2.24, 2.45) is 5.92 Å². The molecule has 0 saturated carbocycles. The molecule has 0 saturated heterocycles. The first-order valence-electron chi connectivity index (χ1n) is 6.90. The van der Waals surface area contributed by atoms with Gasteiger partial charge in [-0.3, -0.25) is 4.79 Å². The average Bonchev–Trinajstić information content (AvgIpc) is 2.48. The van der Waals surface area contributed by atoms with E-state index in [9.17, 15) is 4.79 Å². The van der Waals surface area contributed by atoms with Gasteiger partial charge in [0.25, 0.3) is 0 Å². The monoisotopic (exact) mass is 330 g/mol. The average molecular weight is 331 g/mol. The van der Waals surface area contributed by atoms with Gasteiger partial charge in [-0.2, -0.15) is 0 Å². The lowest BCUT2D eigenvalue weighted by atomic mass is 9.99. The second-order valence-corrected chi connectivity index (χ2v) is 6.40. The molecule has 0 amide bonds. The zero-order valence-corrected chi connectivity index (χ0v) is 13.4. The standard InChI is InChI=1S/C18H19BrO/c1-13(2)18(20)17(19)12-14-8-10-16(11-9-14)15-6-4-3-5-7-15/h3-11,13,17H,12H2,1-2H3. The third-order valence-electron chi connectivity index (χ3n) is 3.35. The highest BCUT2D eigenvalue weighted by Gasteiger charge is 2.18. The van der Waals surface area contributed by atoms with E-state index in [2.05, 4.69) is 52.3 Å². The number of hydrogen-bond acceptors (Lipinski definition) is 1. The van der Waals surface area contributed by atoms with Gasteiger partial charge in [-0.25, -0.2) is 0 Å². The molecule has 1 nitrogen and oxygen atoms in total. The topological polar surface area (TPSA) is 17.1 Å². The van der Waals surface area contributed by atoms with E-state index in [1.165, 1.54) is 16.7 Å². The van der Waals surface area contributed by atoms with Crippen molar-refractivity contribution in [3.63, 3.8) is 0 Å². The fourth-order valence-electron chi connectivity index (χ4n) is 2.13. The van der Waals surface area contributed by atoms with E-state index in [4.69, 9.17) is 0 Å². The molecular formula is C18H19BrO. The van der Waals surface area contributed by atoms with Crippen LogP contribution in [0.1, 0.15) is 19.4 Å². The molecule has 0 fully saturated rings. The van der Waals surface area contributed by atoms with Crippen molar-refractivity contribution in [3.8, 4) is 11.1 Å². The van der Waals surface area contributed by atoms with Gasteiger partial charge < -0.3 is 0 Å². The number of carbonyl (C=O) groups is 1. The lowest BCUT2D eigenvalue weighted by Crippen LogP contribution is -2.21. The minimum absolute atomic E-state index is 0.0722. The Morgan fingerprint density at radius 3 is 2.05 bits per heavy atom. The van der Waals surface area contributed by atoms with Gasteiger partial charge in [0, 0.05) is 5.92 Å². The van der Waals surface area contributed by atoms with Crippen molar-refractivity contribution in [2.75, 3.05) is 0 Å². The Morgan fingerprint density at radius 2 is 1.50 bits per heavy atom. The van der Waals surface area contributed by atoms with E-state index in [1.54, 1.807) is 0 Å². The highest BCUT2D eigenvalue weighted by molar-refractivity contribution is 9.10. The molecule has 0 bridgehead atoms. The summed E-state index contributed by atoms with van der Waals surface area (Å²) in [5.74, 6) is 0.333. The maximum Gasteiger partial charge on any atom is 0.149 e. The number of rotatable bonds is 5. The Balaban J connectivity index is 2.07. The van der Waals surface area contributed by atoms with Gasteiger partial charge in [-0.05, 0) is 23.1 Å². The molecule has 0 radical (unpaired) electrons. The first kappa shape index (κ1) is 15.0. The van der Waals surface area contributed by atoms with E-state index in [0.29, 0.717) is 0 Å². The van der Waals surface area contributed by atoms with Crippen molar-refractivity contribution in [1.82, 2.24) is 0 Å². The summed E-state index contributed by atoms with van der Waals surface area (Å²) in [6.07, 6.45) is 0.742. The number of Topliss-reactive ketones (excluding diaryl/α,β-unsaturated/α-hetero) is 1. The molecule has 0 aliphatic rings. The van der Waals surface area contributed by atoms with Crippen molar-refractivity contribution in [2.45, 2.75) is 25.1 Å². The van der Waals surface area contributed by atoms with Gasteiger partial charge in [0.05, 0.1) is 4.83 Å². The predicted molar refractivity (Wildman–Crippen MR) is 88.1 cm³/mol.